The fraction of sp³-hybridized carbons (Fsp3) is 0.273. The highest BCUT2D eigenvalue weighted by molar-refractivity contribution is 6.04. The van der Waals surface area contributed by atoms with Gasteiger partial charge in [0, 0.05) is 12.2 Å². The van der Waals surface area contributed by atoms with Crippen molar-refractivity contribution >= 4 is 17.5 Å². The molecule has 2 amide bonds. The standard InChI is InChI=1S/C22H23N5O4/c1-13-4-5-14(2)17(8-13)24-22(29)21-15(3)27(26-25-21)11-20(28)23-10-16-6-7-18-19(9-16)31-12-30-18/h4-9H,10-12H2,1-3H3,(H,23,28)(H,24,29). The third kappa shape index (κ3) is 4.50. The Hall–Kier alpha value is -3.88. The topological polar surface area (TPSA) is 107 Å². The second-order valence-corrected chi connectivity index (χ2v) is 7.42. The van der Waals surface area contributed by atoms with Crippen molar-refractivity contribution in [2.24, 2.45) is 0 Å². The van der Waals surface area contributed by atoms with Crippen LogP contribution in [0.5, 0.6) is 11.5 Å². The van der Waals surface area contributed by atoms with E-state index in [1.807, 2.05) is 50.2 Å². The van der Waals surface area contributed by atoms with Crippen LogP contribution in [0.25, 0.3) is 0 Å². The van der Waals surface area contributed by atoms with E-state index in [0.29, 0.717) is 23.7 Å². The van der Waals surface area contributed by atoms with Gasteiger partial charge in [-0.15, -0.1) is 5.10 Å². The Kier molecular flexibility index (Phi) is 5.57. The number of carbonyl (C=O) groups excluding carboxylic acids is 2. The van der Waals surface area contributed by atoms with E-state index in [0.717, 1.165) is 22.4 Å². The van der Waals surface area contributed by atoms with Crippen molar-refractivity contribution in [3.8, 4) is 11.5 Å². The lowest BCUT2D eigenvalue weighted by Crippen LogP contribution is -2.28. The number of nitrogens with zero attached hydrogens (tertiary/aromatic N) is 3. The monoisotopic (exact) mass is 421 g/mol. The summed E-state index contributed by atoms with van der Waals surface area (Å²) < 4.78 is 12.0. The maximum absolute atomic E-state index is 12.7. The maximum atomic E-state index is 12.7. The Morgan fingerprint density at radius 3 is 2.71 bits per heavy atom. The second kappa shape index (κ2) is 8.47. The van der Waals surface area contributed by atoms with E-state index in [4.69, 9.17) is 9.47 Å². The van der Waals surface area contributed by atoms with Crippen LogP contribution in [0.4, 0.5) is 5.69 Å². The lowest BCUT2D eigenvalue weighted by Gasteiger charge is -2.09. The highest BCUT2D eigenvalue weighted by atomic mass is 16.7. The van der Waals surface area contributed by atoms with Gasteiger partial charge in [0.05, 0.1) is 5.69 Å². The Labute approximate surface area is 179 Å². The smallest absolute Gasteiger partial charge is 0.278 e. The zero-order chi connectivity index (χ0) is 22.0. The van der Waals surface area contributed by atoms with Gasteiger partial charge in [-0.1, -0.05) is 23.4 Å². The van der Waals surface area contributed by atoms with Gasteiger partial charge >= 0.3 is 0 Å². The van der Waals surface area contributed by atoms with Gasteiger partial charge in [-0.2, -0.15) is 0 Å². The number of aromatic nitrogens is 3. The number of ether oxygens (including phenoxy) is 2. The lowest BCUT2D eigenvalue weighted by molar-refractivity contribution is -0.122. The lowest BCUT2D eigenvalue weighted by atomic mass is 10.1. The molecule has 1 aromatic heterocycles. The molecular formula is C22H23N5O4. The summed E-state index contributed by atoms with van der Waals surface area (Å²) in [4.78, 5) is 25.0. The minimum Gasteiger partial charge on any atom is -0.454 e. The molecule has 2 heterocycles. The summed E-state index contributed by atoms with van der Waals surface area (Å²) in [7, 11) is 0. The van der Waals surface area contributed by atoms with E-state index < -0.39 is 0 Å². The molecule has 4 rings (SSSR count). The second-order valence-electron chi connectivity index (χ2n) is 7.42. The van der Waals surface area contributed by atoms with E-state index in [-0.39, 0.29) is 30.8 Å². The number of anilines is 1. The molecular weight excluding hydrogens is 398 g/mol. The first-order chi connectivity index (χ1) is 14.9. The van der Waals surface area contributed by atoms with Crippen LogP contribution >= 0.6 is 0 Å². The van der Waals surface area contributed by atoms with Gasteiger partial charge in [-0.25, -0.2) is 4.68 Å². The van der Waals surface area contributed by atoms with Crippen LogP contribution in [-0.2, 0) is 17.9 Å². The highest BCUT2D eigenvalue weighted by Crippen LogP contribution is 2.32. The molecule has 0 atom stereocenters. The first-order valence-electron chi connectivity index (χ1n) is 9.84. The van der Waals surface area contributed by atoms with Crippen molar-refractivity contribution in [2.75, 3.05) is 12.1 Å². The van der Waals surface area contributed by atoms with Crippen molar-refractivity contribution in [2.45, 2.75) is 33.9 Å². The maximum Gasteiger partial charge on any atom is 0.278 e. The van der Waals surface area contributed by atoms with Gasteiger partial charge in [0.15, 0.2) is 17.2 Å². The quantitative estimate of drug-likeness (QED) is 0.633. The molecule has 1 aliphatic heterocycles. The average molecular weight is 421 g/mol. The van der Waals surface area contributed by atoms with Crippen molar-refractivity contribution in [1.82, 2.24) is 20.3 Å². The Bertz CT molecular complexity index is 1150. The van der Waals surface area contributed by atoms with Crippen molar-refractivity contribution in [3.05, 3.63) is 64.5 Å². The summed E-state index contributed by atoms with van der Waals surface area (Å²) in [5.74, 6) is 0.753. The molecule has 0 unspecified atom stereocenters. The van der Waals surface area contributed by atoms with Gasteiger partial charge in [0.25, 0.3) is 5.91 Å². The van der Waals surface area contributed by atoms with Crippen LogP contribution in [0.1, 0.15) is 32.9 Å². The fourth-order valence-electron chi connectivity index (χ4n) is 3.22. The van der Waals surface area contributed by atoms with Crippen LogP contribution < -0.4 is 20.1 Å². The van der Waals surface area contributed by atoms with Crippen LogP contribution in [0.3, 0.4) is 0 Å². The van der Waals surface area contributed by atoms with Crippen LogP contribution in [0.2, 0.25) is 0 Å². The number of fused-ring (bicyclic) bond motifs is 1. The molecule has 3 aromatic rings. The van der Waals surface area contributed by atoms with Crippen LogP contribution in [0, 0.1) is 20.8 Å². The van der Waals surface area contributed by atoms with Gasteiger partial charge < -0.3 is 20.1 Å². The molecule has 0 saturated carbocycles. The van der Waals surface area contributed by atoms with Crippen LogP contribution in [-0.4, -0.2) is 33.6 Å². The molecule has 9 heteroatoms. The Morgan fingerprint density at radius 1 is 1.06 bits per heavy atom. The zero-order valence-electron chi connectivity index (χ0n) is 17.6. The summed E-state index contributed by atoms with van der Waals surface area (Å²) in [5, 5.41) is 13.6. The Morgan fingerprint density at radius 2 is 1.87 bits per heavy atom. The first-order valence-corrected chi connectivity index (χ1v) is 9.84. The molecule has 0 bridgehead atoms. The number of amides is 2. The average Bonchev–Trinajstić information content (AvgIpc) is 3.35. The molecule has 0 radical (unpaired) electrons. The van der Waals surface area contributed by atoms with Gasteiger partial charge in [-0.3, -0.25) is 9.59 Å². The largest absolute Gasteiger partial charge is 0.454 e. The highest BCUT2D eigenvalue weighted by Gasteiger charge is 2.19. The summed E-state index contributed by atoms with van der Waals surface area (Å²) in [6.07, 6.45) is 0. The molecule has 1 aliphatic rings. The fourth-order valence-corrected chi connectivity index (χ4v) is 3.22. The minimum absolute atomic E-state index is 0.0415. The number of rotatable bonds is 6. The summed E-state index contributed by atoms with van der Waals surface area (Å²) in [6, 6.07) is 11.3. The third-order valence-electron chi connectivity index (χ3n) is 5.06. The Balaban J connectivity index is 1.36. The summed E-state index contributed by atoms with van der Waals surface area (Å²) in [5.41, 5.74) is 4.31. The molecule has 2 N–H and O–H groups in total. The van der Waals surface area contributed by atoms with Crippen molar-refractivity contribution in [1.29, 1.82) is 0 Å². The molecule has 0 saturated heterocycles. The van der Waals surface area contributed by atoms with Crippen molar-refractivity contribution in [3.63, 3.8) is 0 Å². The SMILES string of the molecule is Cc1ccc(C)c(NC(=O)c2nnn(CC(=O)NCc3ccc4c(c3)OCO4)c2C)c1. The van der Waals surface area contributed by atoms with E-state index in [1.165, 1.54) is 4.68 Å². The number of hydrogen-bond acceptors (Lipinski definition) is 6. The summed E-state index contributed by atoms with van der Waals surface area (Å²) in [6.45, 7) is 6.09. The molecule has 0 fully saturated rings. The molecule has 0 aliphatic carbocycles. The molecule has 31 heavy (non-hydrogen) atoms. The number of nitrogens with one attached hydrogen (secondary N) is 2. The van der Waals surface area contributed by atoms with Gasteiger partial charge in [0.2, 0.25) is 12.7 Å². The predicted octanol–water partition coefficient (Wildman–Crippen LogP) is 2.50. The van der Waals surface area contributed by atoms with E-state index >= 15 is 0 Å². The van der Waals surface area contributed by atoms with Crippen molar-refractivity contribution < 1.29 is 19.1 Å². The van der Waals surface area contributed by atoms with E-state index in [2.05, 4.69) is 20.9 Å². The molecule has 9 nitrogen and oxygen atoms in total. The number of benzene rings is 2. The molecule has 2 aromatic carbocycles. The van der Waals surface area contributed by atoms with Gasteiger partial charge in [-0.05, 0) is 55.7 Å². The van der Waals surface area contributed by atoms with E-state index in [9.17, 15) is 9.59 Å². The van der Waals surface area contributed by atoms with Crippen LogP contribution in [0.15, 0.2) is 36.4 Å². The number of hydrogen-bond donors (Lipinski definition) is 2. The predicted molar refractivity (Wildman–Crippen MR) is 113 cm³/mol. The van der Waals surface area contributed by atoms with E-state index in [1.54, 1.807) is 6.92 Å². The third-order valence-corrected chi connectivity index (χ3v) is 5.06. The minimum atomic E-state index is -0.363. The number of aryl methyl sites for hydroxylation is 2. The summed E-state index contributed by atoms with van der Waals surface area (Å²) >= 11 is 0. The number of carbonyl (C=O) groups is 2. The normalized spacial score (nSPS) is 12.0. The van der Waals surface area contributed by atoms with Gasteiger partial charge in [0.1, 0.15) is 6.54 Å². The molecule has 0 spiro atoms. The zero-order valence-corrected chi connectivity index (χ0v) is 17.6. The first kappa shape index (κ1) is 20.4. The molecule has 160 valence electrons.